The number of carbonyl (C=O) groups excluding carboxylic acids is 2. The minimum atomic E-state index is -3.95. The van der Waals surface area contributed by atoms with Gasteiger partial charge in [0.1, 0.15) is 11.9 Å². The van der Waals surface area contributed by atoms with Gasteiger partial charge in [0.05, 0.1) is 11.4 Å². The fourth-order valence-corrected chi connectivity index (χ4v) is 6.26. The summed E-state index contributed by atoms with van der Waals surface area (Å²) in [5.74, 6) is -1.21. The number of amides is 2. The van der Waals surface area contributed by atoms with Gasteiger partial charge in [0, 0.05) is 26.1 Å². The fraction of sp³-hybridized carbons (Fsp3) is 0.375. The lowest BCUT2D eigenvalue weighted by Crippen LogP contribution is -2.54. The molecule has 0 heterocycles. The molecule has 0 saturated heterocycles. The van der Waals surface area contributed by atoms with Crippen molar-refractivity contribution >= 4 is 21.8 Å². The molecule has 0 aliphatic heterocycles. The van der Waals surface area contributed by atoms with Gasteiger partial charge < -0.3 is 10.2 Å². The molecule has 0 bridgehead atoms. The van der Waals surface area contributed by atoms with Crippen LogP contribution in [0.15, 0.2) is 83.8 Å². The molecule has 0 spiro atoms. The number of likely N-dealkylation sites (N-methyl/N-ethyl adjacent to an activating group) is 1. The van der Waals surface area contributed by atoms with E-state index in [9.17, 15) is 22.4 Å². The summed E-state index contributed by atoms with van der Waals surface area (Å²) in [6, 6.07) is 20.7. The molecular weight excluding hydrogens is 541 g/mol. The lowest BCUT2D eigenvalue weighted by molar-refractivity contribution is -0.141. The molecule has 3 aromatic rings. The maximum Gasteiger partial charge on any atom is 0.243 e. The highest BCUT2D eigenvalue weighted by molar-refractivity contribution is 7.89. The van der Waals surface area contributed by atoms with E-state index in [4.69, 9.17) is 0 Å². The van der Waals surface area contributed by atoms with Crippen molar-refractivity contribution in [2.45, 2.75) is 69.0 Å². The second-order valence-corrected chi connectivity index (χ2v) is 12.8. The summed E-state index contributed by atoms with van der Waals surface area (Å²) in [6.45, 7) is 1.43. The van der Waals surface area contributed by atoms with Gasteiger partial charge in [-0.15, -0.1) is 0 Å². The van der Waals surface area contributed by atoms with Crippen LogP contribution >= 0.6 is 0 Å². The van der Waals surface area contributed by atoms with Crippen LogP contribution in [0.4, 0.5) is 4.39 Å². The quantitative estimate of drug-likeness (QED) is 0.352. The minimum Gasteiger partial charge on any atom is -0.352 e. The second kappa shape index (κ2) is 13.9. The normalized spacial score (nSPS) is 14.9. The van der Waals surface area contributed by atoms with Crippen LogP contribution in [0, 0.1) is 12.7 Å². The molecule has 1 aliphatic rings. The van der Waals surface area contributed by atoms with Crippen LogP contribution in [0.25, 0.3) is 0 Å². The van der Waals surface area contributed by atoms with Crippen molar-refractivity contribution in [2.24, 2.45) is 0 Å². The molecule has 41 heavy (non-hydrogen) atoms. The van der Waals surface area contributed by atoms with Gasteiger partial charge in [-0.1, -0.05) is 79.4 Å². The number of halogens is 1. The number of nitrogens with one attached hydrogen (secondary N) is 1. The standard InChI is InChI=1S/C32H38FN3O4S/c1-24-13-19-29(20-14-24)41(39,40)35(2)23-31(37)36(22-26-15-17-27(33)18-16-26)30(21-25-9-5-3-6-10-25)32(38)34-28-11-7-4-8-12-28/h3,5-6,9-10,13-20,28,30H,4,7-8,11-12,21-23H2,1-2H3,(H,34,38)/t30-/m0/s1. The van der Waals surface area contributed by atoms with E-state index < -0.39 is 34.3 Å². The second-order valence-electron chi connectivity index (χ2n) is 10.8. The zero-order chi connectivity index (χ0) is 29.4. The third-order valence-electron chi connectivity index (χ3n) is 7.58. The van der Waals surface area contributed by atoms with Crippen LogP contribution in [-0.4, -0.2) is 55.1 Å². The van der Waals surface area contributed by atoms with E-state index in [0.29, 0.717) is 5.56 Å². The van der Waals surface area contributed by atoms with Gasteiger partial charge in [-0.3, -0.25) is 9.59 Å². The molecule has 0 aromatic heterocycles. The summed E-state index contributed by atoms with van der Waals surface area (Å²) in [6.07, 6.45) is 5.22. The van der Waals surface area contributed by atoms with Crippen molar-refractivity contribution < 1.29 is 22.4 Å². The smallest absolute Gasteiger partial charge is 0.243 e. The lowest BCUT2D eigenvalue weighted by Gasteiger charge is -2.34. The van der Waals surface area contributed by atoms with Crippen LogP contribution in [0.3, 0.4) is 0 Å². The molecule has 1 fully saturated rings. The van der Waals surface area contributed by atoms with Crippen LogP contribution in [0.1, 0.15) is 48.8 Å². The summed E-state index contributed by atoms with van der Waals surface area (Å²) in [5.41, 5.74) is 2.42. The average molecular weight is 580 g/mol. The summed E-state index contributed by atoms with van der Waals surface area (Å²) in [4.78, 5) is 29.3. The first-order valence-electron chi connectivity index (χ1n) is 14.0. The average Bonchev–Trinajstić information content (AvgIpc) is 2.97. The molecule has 1 saturated carbocycles. The lowest BCUT2D eigenvalue weighted by atomic mass is 9.94. The summed E-state index contributed by atoms with van der Waals surface area (Å²) < 4.78 is 41.3. The third kappa shape index (κ3) is 8.24. The summed E-state index contributed by atoms with van der Waals surface area (Å²) in [5, 5.41) is 3.16. The molecule has 1 atom stereocenters. The van der Waals surface area contributed by atoms with Crippen molar-refractivity contribution in [3.63, 3.8) is 0 Å². The van der Waals surface area contributed by atoms with E-state index in [2.05, 4.69) is 5.32 Å². The van der Waals surface area contributed by atoms with Gasteiger partial charge in [-0.05, 0) is 55.2 Å². The summed E-state index contributed by atoms with van der Waals surface area (Å²) >= 11 is 0. The maximum atomic E-state index is 14.0. The molecule has 4 rings (SSSR count). The highest BCUT2D eigenvalue weighted by Gasteiger charge is 2.34. The van der Waals surface area contributed by atoms with Crippen LogP contribution < -0.4 is 5.32 Å². The molecule has 218 valence electrons. The number of nitrogens with zero attached hydrogens (tertiary/aromatic N) is 2. The van der Waals surface area contributed by atoms with E-state index in [-0.39, 0.29) is 29.8 Å². The largest absolute Gasteiger partial charge is 0.352 e. The predicted octanol–water partition coefficient (Wildman–Crippen LogP) is 4.84. The highest BCUT2D eigenvalue weighted by Crippen LogP contribution is 2.21. The first kappa shape index (κ1) is 30.4. The van der Waals surface area contributed by atoms with Gasteiger partial charge in [0.15, 0.2) is 0 Å². The fourth-order valence-electron chi connectivity index (χ4n) is 5.14. The topological polar surface area (TPSA) is 86.8 Å². The van der Waals surface area contributed by atoms with Crippen molar-refractivity contribution in [3.05, 3.63) is 101 Å². The molecule has 1 N–H and O–H groups in total. The predicted molar refractivity (Wildman–Crippen MR) is 157 cm³/mol. The highest BCUT2D eigenvalue weighted by atomic mass is 32.2. The van der Waals surface area contributed by atoms with Gasteiger partial charge in [-0.2, -0.15) is 4.31 Å². The first-order chi connectivity index (χ1) is 19.6. The van der Waals surface area contributed by atoms with Crippen LogP contribution in [-0.2, 0) is 32.6 Å². The van der Waals surface area contributed by atoms with E-state index in [1.807, 2.05) is 37.3 Å². The van der Waals surface area contributed by atoms with Crippen molar-refractivity contribution in [2.75, 3.05) is 13.6 Å². The van der Waals surface area contributed by atoms with Crippen molar-refractivity contribution in [1.82, 2.24) is 14.5 Å². The van der Waals surface area contributed by atoms with Crippen LogP contribution in [0.5, 0.6) is 0 Å². The Balaban J connectivity index is 1.65. The Morgan fingerprint density at radius 2 is 1.54 bits per heavy atom. The molecular formula is C32H38FN3O4S. The molecule has 0 unspecified atom stereocenters. The van der Waals surface area contributed by atoms with Gasteiger partial charge in [0.2, 0.25) is 21.8 Å². The van der Waals surface area contributed by atoms with Gasteiger partial charge in [-0.25, -0.2) is 12.8 Å². The zero-order valence-corrected chi connectivity index (χ0v) is 24.4. The number of hydrogen-bond donors (Lipinski definition) is 1. The monoisotopic (exact) mass is 579 g/mol. The van der Waals surface area contributed by atoms with E-state index >= 15 is 0 Å². The molecule has 0 radical (unpaired) electrons. The zero-order valence-electron chi connectivity index (χ0n) is 23.6. The summed E-state index contributed by atoms with van der Waals surface area (Å²) in [7, 11) is -2.60. The first-order valence-corrected chi connectivity index (χ1v) is 15.5. The Hall–Kier alpha value is -3.56. The Bertz CT molecular complexity index is 1410. The van der Waals surface area contributed by atoms with Gasteiger partial charge in [0.25, 0.3) is 0 Å². The van der Waals surface area contributed by atoms with Crippen molar-refractivity contribution in [3.8, 4) is 0 Å². The Labute approximate surface area is 242 Å². The number of hydrogen-bond acceptors (Lipinski definition) is 4. The molecule has 9 heteroatoms. The minimum absolute atomic E-state index is 0.0210. The van der Waals surface area contributed by atoms with Gasteiger partial charge >= 0.3 is 0 Å². The van der Waals surface area contributed by atoms with E-state index in [1.165, 1.54) is 36.2 Å². The van der Waals surface area contributed by atoms with Crippen LogP contribution in [0.2, 0.25) is 0 Å². The SMILES string of the molecule is Cc1ccc(S(=O)(=O)N(C)CC(=O)N(Cc2ccc(F)cc2)[C@@H](Cc2ccccc2)C(=O)NC2CCCCC2)cc1. The Morgan fingerprint density at radius 3 is 2.17 bits per heavy atom. The molecule has 2 amide bonds. The Kier molecular flexibility index (Phi) is 10.3. The number of aryl methyl sites for hydroxylation is 1. The molecule has 3 aromatic carbocycles. The number of rotatable bonds is 11. The van der Waals surface area contributed by atoms with E-state index in [0.717, 1.165) is 47.5 Å². The molecule has 7 nitrogen and oxygen atoms in total. The molecule has 1 aliphatic carbocycles. The van der Waals surface area contributed by atoms with Crippen molar-refractivity contribution in [1.29, 1.82) is 0 Å². The third-order valence-corrected chi connectivity index (χ3v) is 9.39. The van der Waals surface area contributed by atoms with E-state index in [1.54, 1.807) is 24.3 Å². The maximum absolute atomic E-state index is 14.0. The number of carbonyl (C=O) groups is 2. The number of sulfonamides is 1. The Morgan fingerprint density at radius 1 is 0.902 bits per heavy atom. The number of benzene rings is 3.